The average molecular weight is 333 g/mol. The number of nitro groups is 1. The van der Waals surface area contributed by atoms with Crippen LogP contribution in [0.1, 0.15) is 23.0 Å². The van der Waals surface area contributed by atoms with Gasteiger partial charge in [0.05, 0.1) is 11.8 Å². The Labute approximate surface area is 139 Å². The number of hydrogen-bond acceptors (Lipinski definition) is 3. The number of halogens is 1. The summed E-state index contributed by atoms with van der Waals surface area (Å²) in [5.41, 5.74) is 1.46. The van der Waals surface area contributed by atoms with Crippen molar-refractivity contribution in [1.29, 1.82) is 0 Å². The first-order chi connectivity index (χ1) is 11.0. The SMILES string of the molecule is CNC(=O)[C@@H](c1ccccc1)[C@H](C[N+](=O)[O-])c1ccc(Cl)cc1. The number of benzene rings is 2. The summed E-state index contributed by atoms with van der Waals surface area (Å²) in [7, 11) is 1.53. The standard InChI is InChI=1S/C17H17ClN2O3/c1-19-17(21)16(13-5-3-2-4-6-13)15(11-20(22)23)12-7-9-14(18)10-8-12/h2-10,15-16H,11H2,1H3,(H,19,21)/t15-,16+/m1/s1. The fourth-order valence-corrected chi connectivity index (χ4v) is 2.78. The minimum absolute atomic E-state index is 0.252. The van der Waals surface area contributed by atoms with Gasteiger partial charge in [0.2, 0.25) is 12.5 Å². The van der Waals surface area contributed by atoms with E-state index in [1.807, 2.05) is 30.3 Å². The summed E-state index contributed by atoms with van der Waals surface area (Å²) in [5, 5.41) is 14.3. The quantitative estimate of drug-likeness (QED) is 0.652. The van der Waals surface area contributed by atoms with E-state index in [1.54, 1.807) is 24.3 Å². The summed E-state index contributed by atoms with van der Waals surface area (Å²) in [5.74, 6) is -1.48. The number of likely N-dealkylation sites (N-methyl/N-ethyl adjacent to an activating group) is 1. The van der Waals surface area contributed by atoms with Gasteiger partial charge in [0, 0.05) is 17.0 Å². The van der Waals surface area contributed by atoms with Crippen molar-refractivity contribution >= 4 is 17.5 Å². The van der Waals surface area contributed by atoms with Crippen molar-refractivity contribution in [3.8, 4) is 0 Å². The number of carbonyl (C=O) groups excluding carboxylic acids is 1. The van der Waals surface area contributed by atoms with E-state index in [0.717, 1.165) is 5.56 Å². The van der Waals surface area contributed by atoms with Gasteiger partial charge in [-0.25, -0.2) is 0 Å². The number of hydrogen-bond donors (Lipinski definition) is 1. The van der Waals surface area contributed by atoms with Crippen LogP contribution in [0.4, 0.5) is 0 Å². The molecule has 0 saturated carbocycles. The minimum atomic E-state index is -0.646. The molecule has 0 fully saturated rings. The van der Waals surface area contributed by atoms with Crippen molar-refractivity contribution in [1.82, 2.24) is 5.32 Å². The van der Waals surface area contributed by atoms with E-state index >= 15 is 0 Å². The first kappa shape index (κ1) is 17.0. The fourth-order valence-electron chi connectivity index (χ4n) is 2.66. The van der Waals surface area contributed by atoms with E-state index < -0.39 is 16.8 Å². The molecule has 0 unspecified atom stereocenters. The number of carbonyl (C=O) groups is 1. The topological polar surface area (TPSA) is 72.2 Å². The van der Waals surface area contributed by atoms with Gasteiger partial charge in [-0.05, 0) is 23.3 Å². The molecular formula is C17H17ClN2O3. The zero-order valence-corrected chi connectivity index (χ0v) is 13.4. The van der Waals surface area contributed by atoms with Crippen molar-refractivity contribution in [2.45, 2.75) is 11.8 Å². The Hall–Kier alpha value is -2.40. The molecule has 5 nitrogen and oxygen atoms in total. The Morgan fingerprint density at radius 3 is 2.26 bits per heavy atom. The van der Waals surface area contributed by atoms with Crippen LogP contribution >= 0.6 is 11.6 Å². The van der Waals surface area contributed by atoms with Crippen molar-refractivity contribution in [2.75, 3.05) is 13.6 Å². The fraction of sp³-hybridized carbons (Fsp3) is 0.235. The molecule has 23 heavy (non-hydrogen) atoms. The summed E-state index contributed by atoms with van der Waals surface area (Å²) in [6.45, 7) is -0.339. The maximum atomic E-state index is 12.4. The summed E-state index contributed by atoms with van der Waals surface area (Å²) >= 11 is 5.90. The van der Waals surface area contributed by atoms with E-state index in [0.29, 0.717) is 10.6 Å². The Kier molecular flexibility index (Phi) is 5.71. The molecule has 0 spiro atoms. The van der Waals surface area contributed by atoms with Crippen LogP contribution in [0.15, 0.2) is 54.6 Å². The molecule has 2 rings (SSSR count). The third kappa shape index (κ3) is 4.29. The zero-order valence-electron chi connectivity index (χ0n) is 12.6. The Balaban J connectivity index is 2.49. The molecule has 0 heterocycles. The van der Waals surface area contributed by atoms with Gasteiger partial charge in [-0.2, -0.15) is 0 Å². The van der Waals surface area contributed by atoms with Crippen molar-refractivity contribution in [3.05, 3.63) is 80.9 Å². The number of amides is 1. The average Bonchev–Trinajstić information content (AvgIpc) is 2.55. The van der Waals surface area contributed by atoms with Gasteiger partial charge >= 0.3 is 0 Å². The molecule has 0 radical (unpaired) electrons. The van der Waals surface area contributed by atoms with Crippen molar-refractivity contribution in [3.63, 3.8) is 0 Å². The second-order valence-electron chi connectivity index (χ2n) is 5.18. The number of nitrogens with zero attached hydrogens (tertiary/aromatic N) is 1. The molecule has 2 aromatic carbocycles. The third-order valence-electron chi connectivity index (χ3n) is 3.73. The maximum absolute atomic E-state index is 12.4. The predicted octanol–water partition coefficient (Wildman–Crippen LogP) is 3.23. The summed E-state index contributed by atoms with van der Waals surface area (Å²) in [4.78, 5) is 23.2. The second-order valence-corrected chi connectivity index (χ2v) is 5.61. The highest BCUT2D eigenvalue weighted by Gasteiger charge is 2.34. The van der Waals surface area contributed by atoms with Crippen LogP contribution in [-0.4, -0.2) is 24.4 Å². The maximum Gasteiger partial charge on any atom is 0.228 e. The smallest absolute Gasteiger partial charge is 0.228 e. The van der Waals surface area contributed by atoms with Crippen LogP contribution in [0.2, 0.25) is 5.02 Å². The molecular weight excluding hydrogens is 316 g/mol. The molecule has 0 aromatic heterocycles. The van der Waals surface area contributed by atoms with Gasteiger partial charge in [0.1, 0.15) is 0 Å². The van der Waals surface area contributed by atoms with Crippen LogP contribution in [0.25, 0.3) is 0 Å². The van der Waals surface area contributed by atoms with Crippen LogP contribution in [-0.2, 0) is 4.79 Å². The highest BCUT2D eigenvalue weighted by Crippen LogP contribution is 2.34. The first-order valence-electron chi connectivity index (χ1n) is 7.16. The number of rotatable bonds is 6. The van der Waals surface area contributed by atoms with Crippen LogP contribution in [0, 0.1) is 10.1 Å². The second kappa shape index (κ2) is 7.74. The van der Waals surface area contributed by atoms with Crippen LogP contribution in [0.5, 0.6) is 0 Å². The Bertz CT molecular complexity index is 674. The van der Waals surface area contributed by atoms with Gasteiger partial charge in [0.25, 0.3) is 0 Å². The minimum Gasteiger partial charge on any atom is -0.359 e. The molecule has 0 bridgehead atoms. The van der Waals surface area contributed by atoms with E-state index in [-0.39, 0.29) is 12.5 Å². The monoisotopic (exact) mass is 332 g/mol. The molecule has 1 N–H and O–H groups in total. The lowest BCUT2D eigenvalue weighted by atomic mass is 9.80. The van der Waals surface area contributed by atoms with Gasteiger partial charge < -0.3 is 5.32 Å². The van der Waals surface area contributed by atoms with Crippen molar-refractivity contribution in [2.24, 2.45) is 0 Å². The summed E-state index contributed by atoms with van der Waals surface area (Å²) in [6, 6.07) is 15.9. The molecule has 2 aromatic rings. The predicted molar refractivity (Wildman–Crippen MR) is 89.3 cm³/mol. The van der Waals surface area contributed by atoms with E-state index in [4.69, 9.17) is 11.6 Å². The van der Waals surface area contributed by atoms with Gasteiger partial charge in [0.15, 0.2) is 0 Å². The van der Waals surface area contributed by atoms with Gasteiger partial charge in [-0.1, -0.05) is 54.1 Å². The molecule has 0 aliphatic rings. The summed E-state index contributed by atoms with van der Waals surface area (Å²) in [6.07, 6.45) is 0. The van der Waals surface area contributed by atoms with Gasteiger partial charge in [-0.15, -0.1) is 0 Å². The van der Waals surface area contributed by atoms with Crippen molar-refractivity contribution < 1.29 is 9.72 Å². The zero-order chi connectivity index (χ0) is 16.8. The lowest BCUT2D eigenvalue weighted by Crippen LogP contribution is -2.33. The molecule has 0 aliphatic carbocycles. The summed E-state index contributed by atoms with van der Waals surface area (Å²) < 4.78 is 0. The molecule has 1 amide bonds. The van der Waals surface area contributed by atoms with E-state index in [2.05, 4.69) is 5.32 Å². The normalized spacial score (nSPS) is 13.1. The highest BCUT2D eigenvalue weighted by atomic mass is 35.5. The van der Waals surface area contributed by atoms with Crippen LogP contribution in [0.3, 0.4) is 0 Å². The van der Waals surface area contributed by atoms with E-state index in [1.165, 1.54) is 7.05 Å². The Morgan fingerprint density at radius 1 is 1.13 bits per heavy atom. The third-order valence-corrected chi connectivity index (χ3v) is 3.99. The number of nitrogens with one attached hydrogen (secondary N) is 1. The Morgan fingerprint density at radius 2 is 1.74 bits per heavy atom. The molecule has 6 heteroatoms. The lowest BCUT2D eigenvalue weighted by molar-refractivity contribution is -0.483. The van der Waals surface area contributed by atoms with Gasteiger partial charge in [-0.3, -0.25) is 14.9 Å². The lowest BCUT2D eigenvalue weighted by Gasteiger charge is -2.24. The van der Waals surface area contributed by atoms with Crippen LogP contribution < -0.4 is 5.32 Å². The van der Waals surface area contributed by atoms with E-state index in [9.17, 15) is 14.9 Å². The first-order valence-corrected chi connectivity index (χ1v) is 7.54. The largest absolute Gasteiger partial charge is 0.359 e. The highest BCUT2D eigenvalue weighted by molar-refractivity contribution is 6.30. The molecule has 0 aliphatic heterocycles. The molecule has 0 saturated heterocycles. The molecule has 120 valence electrons. The molecule has 2 atom stereocenters.